The highest BCUT2D eigenvalue weighted by atomic mass is 79.9. The zero-order valence-electron chi connectivity index (χ0n) is 7.91. The van der Waals surface area contributed by atoms with Crippen LogP contribution in [0.4, 0.5) is 0 Å². The van der Waals surface area contributed by atoms with Gasteiger partial charge in [-0.05, 0) is 30.5 Å². The van der Waals surface area contributed by atoms with E-state index in [0.717, 1.165) is 17.3 Å². The molecule has 0 amide bonds. The molecule has 1 saturated heterocycles. The SMILES string of the molecule is OC1CCC(c2cccc(Br)c2)NC1. The second-order valence-corrected chi connectivity index (χ2v) is 4.66. The summed E-state index contributed by atoms with van der Waals surface area (Å²) in [4.78, 5) is 0. The summed E-state index contributed by atoms with van der Waals surface area (Å²) in [5.41, 5.74) is 1.30. The van der Waals surface area contributed by atoms with Gasteiger partial charge in [0.1, 0.15) is 0 Å². The van der Waals surface area contributed by atoms with Crippen LogP contribution in [0, 0.1) is 0 Å². The molecule has 0 aliphatic carbocycles. The Kier molecular flexibility index (Phi) is 3.21. The number of hydrogen-bond acceptors (Lipinski definition) is 2. The number of aliphatic hydroxyl groups is 1. The lowest BCUT2D eigenvalue weighted by atomic mass is 9.96. The number of halogens is 1. The molecule has 1 aromatic carbocycles. The fraction of sp³-hybridized carbons (Fsp3) is 0.455. The summed E-state index contributed by atoms with van der Waals surface area (Å²) in [6.45, 7) is 0.706. The van der Waals surface area contributed by atoms with Crippen molar-refractivity contribution < 1.29 is 5.11 Å². The van der Waals surface area contributed by atoms with Crippen LogP contribution in [0.25, 0.3) is 0 Å². The molecule has 1 aliphatic rings. The monoisotopic (exact) mass is 255 g/mol. The Morgan fingerprint density at radius 3 is 2.86 bits per heavy atom. The van der Waals surface area contributed by atoms with E-state index in [2.05, 4.69) is 33.4 Å². The van der Waals surface area contributed by atoms with Crippen LogP contribution in [0.5, 0.6) is 0 Å². The molecule has 0 bridgehead atoms. The van der Waals surface area contributed by atoms with Crippen LogP contribution in [0.2, 0.25) is 0 Å². The number of aliphatic hydroxyl groups excluding tert-OH is 1. The number of benzene rings is 1. The Hall–Kier alpha value is -0.380. The third kappa shape index (κ3) is 2.35. The van der Waals surface area contributed by atoms with Crippen molar-refractivity contribution in [1.29, 1.82) is 0 Å². The van der Waals surface area contributed by atoms with Crippen molar-refractivity contribution in [2.75, 3.05) is 6.54 Å². The van der Waals surface area contributed by atoms with E-state index in [4.69, 9.17) is 0 Å². The molecular weight excluding hydrogens is 242 g/mol. The highest BCUT2D eigenvalue weighted by Gasteiger charge is 2.19. The predicted octanol–water partition coefficient (Wildman–Crippen LogP) is 2.23. The zero-order chi connectivity index (χ0) is 9.97. The zero-order valence-corrected chi connectivity index (χ0v) is 9.50. The molecule has 2 unspecified atom stereocenters. The summed E-state index contributed by atoms with van der Waals surface area (Å²) < 4.78 is 1.11. The average molecular weight is 256 g/mol. The van der Waals surface area contributed by atoms with Crippen LogP contribution >= 0.6 is 15.9 Å². The van der Waals surface area contributed by atoms with Gasteiger partial charge in [-0.3, -0.25) is 0 Å². The van der Waals surface area contributed by atoms with Gasteiger partial charge in [-0.2, -0.15) is 0 Å². The van der Waals surface area contributed by atoms with Crippen molar-refractivity contribution in [2.24, 2.45) is 0 Å². The van der Waals surface area contributed by atoms with Crippen LogP contribution in [0.1, 0.15) is 24.4 Å². The first-order valence-corrected chi connectivity index (χ1v) is 5.72. The van der Waals surface area contributed by atoms with Crippen LogP contribution in [0.3, 0.4) is 0 Å². The maximum atomic E-state index is 9.36. The van der Waals surface area contributed by atoms with Crippen molar-refractivity contribution in [3.8, 4) is 0 Å². The quantitative estimate of drug-likeness (QED) is 0.807. The first-order chi connectivity index (χ1) is 6.75. The second kappa shape index (κ2) is 4.43. The number of piperidine rings is 1. The Morgan fingerprint density at radius 2 is 2.21 bits per heavy atom. The molecule has 2 rings (SSSR count). The molecule has 0 aromatic heterocycles. The molecule has 2 N–H and O–H groups in total. The van der Waals surface area contributed by atoms with Crippen LogP contribution in [0.15, 0.2) is 28.7 Å². The number of β-amino-alcohol motifs (C(OH)–C–C–N with tert-alkyl or cyclic N) is 1. The van der Waals surface area contributed by atoms with Gasteiger partial charge >= 0.3 is 0 Å². The van der Waals surface area contributed by atoms with Gasteiger partial charge in [0.05, 0.1) is 6.10 Å². The van der Waals surface area contributed by atoms with Gasteiger partial charge in [0.2, 0.25) is 0 Å². The minimum Gasteiger partial charge on any atom is -0.392 e. The van der Waals surface area contributed by atoms with Crippen molar-refractivity contribution in [3.63, 3.8) is 0 Å². The van der Waals surface area contributed by atoms with Crippen molar-refractivity contribution in [2.45, 2.75) is 25.0 Å². The summed E-state index contributed by atoms with van der Waals surface area (Å²) in [5.74, 6) is 0. The molecule has 0 radical (unpaired) electrons. The van der Waals surface area contributed by atoms with E-state index in [1.54, 1.807) is 0 Å². The lowest BCUT2D eigenvalue weighted by molar-refractivity contribution is 0.126. The van der Waals surface area contributed by atoms with Gasteiger partial charge in [0.25, 0.3) is 0 Å². The Balaban J connectivity index is 2.08. The fourth-order valence-electron chi connectivity index (χ4n) is 1.85. The molecule has 2 nitrogen and oxygen atoms in total. The molecule has 1 heterocycles. The first kappa shape index (κ1) is 10.1. The highest BCUT2D eigenvalue weighted by Crippen LogP contribution is 2.25. The molecular formula is C11H14BrNO. The summed E-state index contributed by atoms with van der Waals surface area (Å²) in [6.07, 6.45) is 1.74. The summed E-state index contributed by atoms with van der Waals surface area (Å²) in [6, 6.07) is 8.74. The molecule has 1 fully saturated rings. The fourth-order valence-corrected chi connectivity index (χ4v) is 2.27. The Morgan fingerprint density at radius 1 is 1.36 bits per heavy atom. The van der Waals surface area contributed by atoms with Crippen LogP contribution < -0.4 is 5.32 Å². The number of hydrogen-bond donors (Lipinski definition) is 2. The van der Waals surface area contributed by atoms with Crippen LogP contribution in [-0.2, 0) is 0 Å². The third-order valence-corrected chi connectivity index (χ3v) is 3.13. The molecule has 1 aromatic rings. The molecule has 1 aliphatic heterocycles. The van der Waals surface area contributed by atoms with Crippen molar-refractivity contribution in [3.05, 3.63) is 34.3 Å². The van der Waals surface area contributed by atoms with Gasteiger partial charge in [-0.1, -0.05) is 28.1 Å². The van der Waals surface area contributed by atoms with E-state index in [0.29, 0.717) is 12.6 Å². The topological polar surface area (TPSA) is 32.3 Å². The smallest absolute Gasteiger partial charge is 0.0665 e. The van der Waals surface area contributed by atoms with E-state index in [-0.39, 0.29) is 6.10 Å². The van der Waals surface area contributed by atoms with Gasteiger partial charge in [-0.25, -0.2) is 0 Å². The lowest BCUT2D eigenvalue weighted by Gasteiger charge is -2.27. The van der Waals surface area contributed by atoms with Gasteiger partial charge in [0.15, 0.2) is 0 Å². The largest absolute Gasteiger partial charge is 0.392 e. The second-order valence-electron chi connectivity index (χ2n) is 3.75. The Labute approximate surface area is 92.5 Å². The number of nitrogens with one attached hydrogen (secondary N) is 1. The molecule has 2 atom stereocenters. The minimum absolute atomic E-state index is 0.168. The highest BCUT2D eigenvalue weighted by molar-refractivity contribution is 9.10. The summed E-state index contributed by atoms with van der Waals surface area (Å²) in [5, 5.41) is 12.7. The molecule has 3 heteroatoms. The summed E-state index contributed by atoms with van der Waals surface area (Å²) >= 11 is 3.46. The van der Waals surface area contributed by atoms with Gasteiger partial charge < -0.3 is 10.4 Å². The third-order valence-electron chi connectivity index (χ3n) is 2.64. The van der Waals surface area contributed by atoms with E-state index in [9.17, 15) is 5.11 Å². The maximum Gasteiger partial charge on any atom is 0.0665 e. The van der Waals surface area contributed by atoms with Crippen molar-refractivity contribution in [1.82, 2.24) is 5.32 Å². The van der Waals surface area contributed by atoms with E-state index < -0.39 is 0 Å². The first-order valence-electron chi connectivity index (χ1n) is 4.92. The average Bonchev–Trinajstić information content (AvgIpc) is 2.19. The van der Waals surface area contributed by atoms with Gasteiger partial charge in [-0.15, -0.1) is 0 Å². The molecule has 0 spiro atoms. The standard InChI is InChI=1S/C11H14BrNO/c12-9-3-1-2-8(6-9)11-5-4-10(14)7-13-11/h1-3,6,10-11,13-14H,4-5,7H2. The minimum atomic E-state index is -0.168. The van der Waals surface area contributed by atoms with E-state index >= 15 is 0 Å². The maximum absolute atomic E-state index is 9.36. The predicted molar refractivity (Wildman–Crippen MR) is 60.1 cm³/mol. The normalized spacial score (nSPS) is 27.6. The van der Waals surface area contributed by atoms with E-state index in [1.807, 2.05) is 12.1 Å². The number of rotatable bonds is 1. The molecule has 14 heavy (non-hydrogen) atoms. The Bertz CT molecular complexity index is 308. The van der Waals surface area contributed by atoms with Crippen LogP contribution in [-0.4, -0.2) is 17.8 Å². The van der Waals surface area contributed by atoms with Gasteiger partial charge in [0, 0.05) is 17.1 Å². The van der Waals surface area contributed by atoms with E-state index in [1.165, 1.54) is 5.56 Å². The van der Waals surface area contributed by atoms with Crippen molar-refractivity contribution >= 4 is 15.9 Å². The molecule has 0 saturated carbocycles. The molecule has 76 valence electrons. The summed E-state index contributed by atoms with van der Waals surface area (Å²) in [7, 11) is 0. The lowest BCUT2D eigenvalue weighted by Crippen LogP contribution is -2.36.